The van der Waals surface area contributed by atoms with Gasteiger partial charge in [-0.3, -0.25) is 4.79 Å². The number of nitrogens with zero attached hydrogens (tertiary/aromatic N) is 2. The summed E-state index contributed by atoms with van der Waals surface area (Å²) < 4.78 is 23.0. The van der Waals surface area contributed by atoms with E-state index in [4.69, 9.17) is 18.9 Å². The van der Waals surface area contributed by atoms with Crippen molar-refractivity contribution in [1.82, 2.24) is 0 Å². The molecule has 0 fully saturated rings. The van der Waals surface area contributed by atoms with E-state index in [0.29, 0.717) is 72.2 Å². The predicted molar refractivity (Wildman–Crippen MR) is 144 cm³/mol. The SMILES string of the molecule is O=C(c1ccc(Oc2cccc(C3=NCCO3)c2)cc1)c1ccc(Oc2cccc(C3=NCCO3)c2)cc1. The molecule has 4 aromatic rings. The Morgan fingerprint density at radius 1 is 0.579 bits per heavy atom. The Kier molecular flexibility index (Phi) is 6.55. The third-order valence-electron chi connectivity index (χ3n) is 6.04. The van der Waals surface area contributed by atoms with E-state index in [9.17, 15) is 4.79 Å². The van der Waals surface area contributed by atoms with Gasteiger partial charge in [-0.15, -0.1) is 0 Å². The van der Waals surface area contributed by atoms with Crippen molar-refractivity contribution in [2.45, 2.75) is 0 Å². The molecule has 0 saturated heterocycles. The summed E-state index contributed by atoms with van der Waals surface area (Å²) in [6.07, 6.45) is 0. The molecule has 2 aliphatic heterocycles. The van der Waals surface area contributed by atoms with E-state index >= 15 is 0 Å². The lowest BCUT2D eigenvalue weighted by Gasteiger charge is -2.10. The quantitative estimate of drug-likeness (QED) is 0.273. The fraction of sp³-hybridized carbons (Fsp3) is 0.129. The van der Waals surface area contributed by atoms with Crippen molar-refractivity contribution in [3.05, 3.63) is 119 Å². The second-order valence-corrected chi connectivity index (χ2v) is 8.71. The molecule has 6 rings (SSSR count). The molecule has 38 heavy (non-hydrogen) atoms. The number of aliphatic imine (C=N–C) groups is 2. The monoisotopic (exact) mass is 504 g/mol. The normalized spacial score (nSPS) is 14.2. The Labute approximate surface area is 220 Å². The Bertz CT molecular complexity index is 1410. The molecule has 4 aromatic carbocycles. The first-order chi connectivity index (χ1) is 18.7. The number of rotatable bonds is 8. The summed E-state index contributed by atoms with van der Waals surface area (Å²) in [6, 6.07) is 29.4. The van der Waals surface area contributed by atoms with Gasteiger partial charge in [-0.25, -0.2) is 9.98 Å². The van der Waals surface area contributed by atoms with Gasteiger partial charge >= 0.3 is 0 Å². The van der Waals surface area contributed by atoms with Crippen LogP contribution >= 0.6 is 0 Å². The van der Waals surface area contributed by atoms with Crippen LogP contribution in [0, 0.1) is 0 Å². The van der Waals surface area contributed by atoms with Gasteiger partial charge in [0, 0.05) is 22.3 Å². The van der Waals surface area contributed by atoms with Crippen molar-refractivity contribution < 1.29 is 23.7 Å². The molecule has 0 radical (unpaired) electrons. The van der Waals surface area contributed by atoms with E-state index < -0.39 is 0 Å². The zero-order valence-corrected chi connectivity index (χ0v) is 20.5. The van der Waals surface area contributed by atoms with E-state index in [0.717, 1.165) is 11.1 Å². The van der Waals surface area contributed by atoms with E-state index in [1.165, 1.54) is 0 Å². The molecule has 0 amide bonds. The van der Waals surface area contributed by atoms with E-state index in [1.54, 1.807) is 48.5 Å². The molecule has 0 unspecified atom stereocenters. The zero-order valence-electron chi connectivity index (χ0n) is 20.5. The molecule has 2 heterocycles. The molecule has 0 aromatic heterocycles. The molecular weight excluding hydrogens is 480 g/mol. The number of benzene rings is 4. The van der Waals surface area contributed by atoms with Gasteiger partial charge in [0.25, 0.3) is 0 Å². The molecule has 0 bridgehead atoms. The van der Waals surface area contributed by atoms with Gasteiger partial charge in [0.15, 0.2) is 5.78 Å². The minimum Gasteiger partial charge on any atom is -0.476 e. The van der Waals surface area contributed by atoms with E-state index in [-0.39, 0.29) is 5.78 Å². The van der Waals surface area contributed by atoms with Gasteiger partial charge in [0.05, 0.1) is 13.1 Å². The predicted octanol–water partition coefficient (Wildman–Crippen LogP) is 6.06. The highest BCUT2D eigenvalue weighted by Gasteiger charge is 2.14. The van der Waals surface area contributed by atoms with Gasteiger partial charge in [-0.1, -0.05) is 12.1 Å². The van der Waals surface area contributed by atoms with Gasteiger partial charge < -0.3 is 18.9 Å². The maximum absolute atomic E-state index is 13.0. The van der Waals surface area contributed by atoms with Crippen LogP contribution in [0.1, 0.15) is 27.0 Å². The molecule has 0 saturated carbocycles. The Morgan fingerprint density at radius 2 is 1.03 bits per heavy atom. The van der Waals surface area contributed by atoms with Crippen LogP contribution in [-0.4, -0.2) is 43.9 Å². The molecule has 0 spiro atoms. The largest absolute Gasteiger partial charge is 0.476 e. The highest BCUT2D eigenvalue weighted by molar-refractivity contribution is 6.09. The van der Waals surface area contributed by atoms with Crippen molar-refractivity contribution in [1.29, 1.82) is 0 Å². The minimum atomic E-state index is -0.0834. The average Bonchev–Trinajstić information content (AvgIpc) is 3.69. The van der Waals surface area contributed by atoms with Gasteiger partial charge in [-0.2, -0.15) is 0 Å². The Balaban J connectivity index is 1.10. The Morgan fingerprint density at radius 3 is 1.42 bits per heavy atom. The second-order valence-electron chi connectivity index (χ2n) is 8.71. The van der Waals surface area contributed by atoms with Crippen LogP contribution in [0.4, 0.5) is 0 Å². The topological polar surface area (TPSA) is 78.7 Å². The summed E-state index contributed by atoms with van der Waals surface area (Å²) in [5.74, 6) is 3.79. The summed E-state index contributed by atoms with van der Waals surface area (Å²) in [6.45, 7) is 2.55. The molecule has 0 atom stereocenters. The molecule has 0 aliphatic carbocycles. The summed E-state index contributed by atoms with van der Waals surface area (Å²) >= 11 is 0. The van der Waals surface area contributed by atoms with Gasteiger partial charge in [0.1, 0.15) is 36.2 Å². The van der Waals surface area contributed by atoms with Gasteiger partial charge in [0.2, 0.25) is 11.8 Å². The number of carbonyl (C=O) groups is 1. The molecule has 7 nitrogen and oxygen atoms in total. The fourth-order valence-electron chi connectivity index (χ4n) is 4.19. The van der Waals surface area contributed by atoms with Crippen LogP contribution in [-0.2, 0) is 9.47 Å². The van der Waals surface area contributed by atoms with Crippen molar-refractivity contribution in [2.75, 3.05) is 26.3 Å². The maximum Gasteiger partial charge on any atom is 0.216 e. The van der Waals surface area contributed by atoms with Crippen LogP contribution in [0.5, 0.6) is 23.0 Å². The first-order valence-corrected chi connectivity index (χ1v) is 12.4. The number of ether oxygens (including phenoxy) is 4. The third kappa shape index (κ3) is 5.27. The third-order valence-corrected chi connectivity index (χ3v) is 6.04. The maximum atomic E-state index is 13.0. The molecule has 0 N–H and O–H groups in total. The lowest BCUT2D eigenvalue weighted by Crippen LogP contribution is -2.02. The molecule has 188 valence electrons. The standard InChI is InChI=1S/C31H24N2O5/c34-29(21-7-11-25(12-8-21)37-27-5-1-3-23(19-27)30-32-15-17-35-30)22-9-13-26(14-10-22)38-28-6-2-4-24(20-28)31-33-16-18-36-31/h1-14,19-20H,15-18H2. The van der Waals surface area contributed by atoms with Crippen LogP contribution < -0.4 is 9.47 Å². The van der Waals surface area contributed by atoms with Crippen LogP contribution in [0.15, 0.2) is 107 Å². The smallest absolute Gasteiger partial charge is 0.216 e. The number of carbonyl (C=O) groups excluding carboxylic acids is 1. The summed E-state index contributed by atoms with van der Waals surface area (Å²) in [7, 11) is 0. The first-order valence-electron chi connectivity index (χ1n) is 12.4. The summed E-state index contributed by atoms with van der Waals surface area (Å²) in [4.78, 5) is 21.7. The molecule has 2 aliphatic rings. The minimum absolute atomic E-state index is 0.0834. The second kappa shape index (κ2) is 10.6. The average molecular weight is 505 g/mol. The summed E-state index contributed by atoms with van der Waals surface area (Å²) in [5, 5.41) is 0. The van der Waals surface area contributed by atoms with Crippen LogP contribution in [0.2, 0.25) is 0 Å². The van der Waals surface area contributed by atoms with Crippen molar-refractivity contribution >= 4 is 17.6 Å². The van der Waals surface area contributed by atoms with Crippen molar-refractivity contribution in [3.63, 3.8) is 0 Å². The summed E-state index contributed by atoms with van der Waals surface area (Å²) in [5.41, 5.74) is 2.89. The lowest BCUT2D eigenvalue weighted by atomic mass is 10.0. The lowest BCUT2D eigenvalue weighted by molar-refractivity contribution is 0.103. The zero-order chi connectivity index (χ0) is 25.7. The first kappa shape index (κ1) is 23.5. The van der Waals surface area contributed by atoms with Gasteiger partial charge in [-0.05, 0) is 84.9 Å². The van der Waals surface area contributed by atoms with Crippen LogP contribution in [0.3, 0.4) is 0 Å². The highest BCUT2D eigenvalue weighted by Crippen LogP contribution is 2.26. The van der Waals surface area contributed by atoms with E-state index in [2.05, 4.69) is 9.98 Å². The number of hydrogen-bond donors (Lipinski definition) is 0. The van der Waals surface area contributed by atoms with Crippen LogP contribution in [0.25, 0.3) is 0 Å². The van der Waals surface area contributed by atoms with Crippen molar-refractivity contribution in [3.8, 4) is 23.0 Å². The highest BCUT2D eigenvalue weighted by atomic mass is 16.5. The number of hydrogen-bond acceptors (Lipinski definition) is 7. The molecular formula is C31H24N2O5. The fourth-order valence-corrected chi connectivity index (χ4v) is 4.19. The van der Waals surface area contributed by atoms with E-state index in [1.807, 2.05) is 48.5 Å². The molecule has 7 heteroatoms. The Hall–Kier alpha value is -4.91. The van der Waals surface area contributed by atoms with Crippen molar-refractivity contribution in [2.24, 2.45) is 9.98 Å². The number of ketones is 1.